The summed E-state index contributed by atoms with van der Waals surface area (Å²) in [6.07, 6.45) is -3.64. The van der Waals surface area contributed by atoms with Crippen molar-refractivity contribution < 1.29 is 29.0 Å². The fourth-order valence-corrected chi connectivity index (χ4v) is 2.14. The Morgan fingerprint density at radius 2 is 1.32 bits per heavy atom. The summed E-state index contributed by atoms with van der Waals surface area (Å²) in [6.45, 7) is 1.34. The molecule has 0 radical (unpaired) electrons. The Bertz CT molecular complexity index is 711. The molecule has 1 N–H and O–H groups in total. The van der Waals surface area contributed by atoms with Crippen molar-refractivity contribution in [3.05, 3.63) is 71.8 Å². The highest BCUT2D eigenvalue weighted by molar-refractivity contribution is 5.91. The van der Waals surface area contributed by atoms with Gasteiger partial charge in [0.25, 0.3) is 0 Å². The highest BCUT2D eigenvalue weighted by Crippen LogP contribution is 2.14. The summed E-state index contributed by atoms with van der Waals surface area (Å²) < 4.78 is 10.3. The molecule has 0 fully saturated rings. The third-order valence-corrected chi connectivity index (χ3v) is 3.44. The molecule has 2 aromatic carbocycles. The van der Waals surface area contributed by atoms with Crippen LogP contribution in [0.2, 0.25) is 0 Å². The molecule has 0 aromatic heterocycles. The Hall–Kier alpha value is -2.99. The lowest BCUT2D eigenvalue weighted by molar-refractivity contribution is -0.127. The molecular weight excluding hydrogens is 324 g/mol. The van der Waals surface area contributed by atoms with Gasteiger partial charge in [0.15, 0.2) is 18.5 Å². The quantitative estimate of drug-likeness (QED) is 0.611. The van der Waals surface area contributed by atoms with Gasteiger partial charge in [-0.05, 0) is 31.2 Å². The molecule has 0 saturated heterocycles. The number of rotatable bonds is 7. The van der Waals surface area contributed by atoms with E-state index in [0.29, 0.717) is 6.29 Å². The summed E-state index contributed by atoms with van der Waals surface area (Å²) in [5.41, 5.74) is 0.500. The summed E-state index contributed by atoms with van der Waals surface area (Å²) in [4.78, 5) is 35.6. The first kappa shape index (κ1) is 18.4. The molecule has 0 aliphatic heterocycles. The standard InChI is InChI=1S/C19H18O6/c1-13(21)17(25-19(23)15-10-6-3-7-11-15)16(12-20)24-18(22)14-8-4-2-5-9-14/h2-13,16-17,21H,1H3/t13-,16+,17+/m1/s1. The van der Waals surface area contributed by atoms with Crippen molar-refractivity contribution in [3.8, 4) is 0 Å². The molecule has 2 aromatic rings. The maximum absolute atomic E-state index is 12.1. The van der Waals surface area contributed by atoms with Gasteiger partial charge in [0.1, 0.15) is 0 Å². The van der Waals surface area contributed by atoms with Crippen molar-refractivity contribution in [2.45, 2.75) is 25.2 Å². The Balaban J connectivity index is 2.12. The van der Waals surface area contributed by atoms with Crippen molar-refractivity contribution in [3.63, 3.8) is 0 Å². The van der Waals surface area contributed by atoms with Crippen molar-refractivity contribution in [2.75, 3.05) is 0 Å². The van der Waals surface area contributed by atoms with Gasteiger partial charge >= 0.3 is 11.9 Å². The molecule has 0 aliphatic carbocycles. The fraction of sp³-hybridized carbons (Fsp3) is 0.211. The lowest BCUT2D eigenvalue weighted by atomic mass is 10.1. The van der Waals surface area contributed by atoms with E-state index in [-0.39, 0.29) is 11.1 Å². The molecule has 3 atom stereocenters. The third kappa shape index (κ3) is 4.99. The number of ether oxygens (including phenoxy) is 2. The van der Waals surface area contributed by atoms with E-state index in [9.17, 15) is 19.5 Å². The number of benzene rings is 2. The number of hydrogen-bond donors (Lipinski definition) is 1. The molecule has 25 heavy (non-hydrogen) atoms. The Morgan fingerprint density at radius 1 is 0.880 bits per heavy atom. The first-order chi connectivity index (χ1) is 12.0. The van der Waals surface area contributed by atoms with Crippen LogP contribution in [-0.2, 0) is 14.3 Å². The van der Waals surface area contributed by atoms with Crippen molar-refractivity contribution in [1.29, 1.82) is 0 Å². The largest absolute Gasteiger partial charge is 0.452 e. The van der Waals surface area contributed by atoms with Gasteiger partial charge in [0.05, 0.1) is 17.2 Å². The molecule has 130 valence electrons. The van der Waals surface area contributed by atoms with Crippen LogP contribution in [0.1, 0.15) is 27.6 Å². The zero-order chi connectivity index (χ0) is 18.2. The van der Waals surface area contributed by atoms with E-state index in [1.54, 1.807) is 36.4 Å². The van der Waals surface area contributed by atoms with Gasteiger partial charge in [-0.25, -0.2) is 9.59 Å². The summed E-state index contributed by atoms with van der Waals surface area (Å²) in [6, 6.07) is 16.2. The van der Waals surface area contributed by atoms with Gasteiger partial charge < -0.3 is 14.6 Å². The highest BCUT2D eigenvalue weighted by atomic mass is 16.6. The smallest absolute Gasteiger partial charge is 0.338 e. The summed E-state index contributed by atoms with van der Waals surface area (Å²) in [7, 11) is 0. The van der Waals surface area contributed by atoms with Crippen LogP contribution in [0.15, 0.2) is 60.7 Å². The van der Waals surface area contributed by atoms with E-state index < -0.39 is 30.3 Å². The molecule has 0 saturated carbocycles. The van der Waals surface area contributed by atoms with Crippen LogP contribution in [0.3, 0.4) is 0 Å². The first-order valence-electron chi connectivity index (χ1n) is 7.68. The van der Waals surface area contributed by atoms with Crippen LogP contribution in [0, 0.1) is 0 Å². The van der Waals surface area contributed by atoms with E-state index in [1.807, 2.05) is 0 Å². The predicted molar refractivity (Wildman–Crippen MR) is 89.0 cm³/mol. The van der Waals surface area contributed by atoms with E-state index in [2.05, 4.69) is 0 Å². The van der Waals surface area contributed by atoms with Gasteiger partial charge in [0.2, 0.25) is 0 Å². The summed E-state index contributed by atoms with van der Waals surface area (Å²) in [5.74, 6) is -1.48. The van der Waals surface area contributed by atoms with Gasteiger partial charge in [-0.2, -0.15) is 0 Å². The zero-order valence-electron chi connectivity index (χ0n) is 13.6. The van der Waals surface area contributed by atoms with Crippen molar-refractivity contribution >= 4 is 18.2 Å². The van der Waals surface area contributed by atoms with Crippen molar-refractivity contribution in [1.82, 2.24) is 0 Å². The first-order valence-corrected chi connectivity index (χ1v) is 7.68. The van der Waals surface area contributed by atoms with Gasteiger partial charge in [-0.1, -0.05) is 36.4 Å². The SMILES string of the molecule is C[C@@H](O)[C@H](OC(=O)c1ccccc1)[C@H](C=O)OC(=O)c1ccccc1. The molecule has 0 heterocycles. The second-order valence-corrected chi connectivity index (χ2v) is 5.35. The zero-order valence-corrected chi connectivity index (χ0v) is 13.6. The Morgan fingerprint density at radius 3 is 1.72 bits per heavy atom. The maximum atomic E-state index is 12.1. The van der Waals surface area contributed by atoms with Crippen molar-refractivity contribution in [2.24, 2.45) is 0 Å². The molecule has 0 bridgehead atoms. The van der Waals surface area contributed by atoms with Crippen LogP contribution in [-0.4, -0.2) is 41.6 Å². The monoisotopic (exact) mass is 342 g/mol. The Labute approximate surface area is 145 Å². The average Bonchev–Trinajstić information content (AvgIpc) is 2.65. The van der Waals surface area contributed by atoms with Gasteiger partial charge in [-0.15, -0.1) is 0 Å². The molecule has 6 nitrogen and oxygen atoms in total. The summed E-state index contributed by atoms with van der Waals surface area (Å²) in [5, 5.41) is 9.87. The minimum atomic E-state index is -1.43. The Kier molecular flexibility index (Phi) is 6.42. The van der Waals surface area contributed by atoms with E-state index >= 15 is 0 Å². The minimum Gasteiger partial charge on any atom is -0.452 e. The molecule has 2 rings (SSSR count). The minimum absolute atomic E-state index is 0.244. The lowest BCUT2D eigenvalue weighted by Crippen LogP contribution is -2.43. The highest BCUT2D eigenvalue weighted by Gasteiger charge is 2.33. The number of aldehydes is 1. The van der Waals surface area contributed by atoms with Gasteiger partial charge in [-0.3, -0.25) is 4.79 Å². The van der Waals surface area contributed by atoms with Crippen LogP contribution in [0.25, 0.3) is 0 Å². The van der Waals surface area contributed by atoms with E-state index in [1.165, 1.54) is 31.2 Å². The molecule has 0 aliphatic rings. The topological polar surface area (TPSA) is 89.9 Å². The normalized spacial score (nSPS) is 14.0. The molecule has 0 amide bonds. The fourth-order valence-electron chi connectivity index (χ4n) is 2.14. The second kappa shape index (κ2) is 8.75. The average molecular weight is 342 g/mol. The number of hydrogen-bond acceptors (Lipinski definition) is 6. The third-order valence-electron chi connectivity index (χ3n) is 3.44. The van der Waals surface area contributed by atoms with Gasteiger partial charge in [0, 0.05) is 0 Å². The van der Waals surface area contributed by atoms with E-state index in [4.69, 9.17) is 9.47 Å². The number of aliphatic hydroxyl groups is 1. The second-order valence-electron chi connectivity index (χ2n) is 5.35. The molecule has 0 spiro atoms. The van der Waals surface area contributed by atoms with Crippen LogP contribution >= 0.6 is 0 Å². The predicted octanol–water partition coefficient (Wildman–Crippen LogP) is 2.02. The maximum Gasteiger partial charge on any atom is 0.338 e. The molecular formula is C19H18O6. The number of carbonyl (C=O) groups is 3. The summed E-state index contributed by atoms with van der Waals surface area (Å²) >= 11 is 0. The lowest BCUT2D eigenvalue weighted by Gasteiger charge is -2.25. The number of carbonyl (C=O) groups excluding carboxylic acids is 3. The number of esters is 2. The molecule has 0 unspecified atom stereocenters. The number of aliphatic hydroxyl groups excluding tert-OH is 1. The molecule has 6 heteroatoms. The van der Waals surface area contributed by atoms with Crippen LogP contribution in [0.4, 0.5) is 0 Å². The van der Waals surface area contributed by atoms with Crippen LogP contribution < -0.4 is 0 Å². The van der Waals surface area contributed by atoms with E-state index in [0.717, 1.165) is 0 Å². The van der Waals surface area contributed by atoms with Crippen LogP contribution in [0.5, 0.6) is 0 Å².